The molecule has 2 amide bonds. The second-order valence-corrected chi connectivity index (χ2v) is 4.50. The van der Waals surface area contributed by atoms with E-state index in [1.807, 2.05) is 11.8 Å². The molecule has 0 aromatic carbocycles. The number of nitrogens with zero attached hydrogens (tertiary/aromatic N) is 2. The quantitative estimate of drug-likeness (QED) is 0.764. The predicted molar refractivity (Wildman–Crippen MR) is 66.3 cm³/mol. The van der Waals surface area contributed by atoms with Crippen molar-refractivity contribution in [3.63, 3.8) is 0 Å². The molecule has 0 saturated carbocycles. The van der Waals surface area contributed by atoms with Crippen LogP contribution in [-0.4, -0.2) is 53.8 Å². The molecule has 5 nitrogen and oxygen atoms in total. The predicted octanol–water partition coefficient (Wildman–Crippen LogP) is 0.195. The third-order valence-corrected chi connectivity index (χ3v) is 3.38. The Labute approximate surface area is 103 Å². The van der Waals surface area contributed by atoms with Crippen LogP contribution in [0.1, 0.15) is 33.1 Å². The van der Waals surface area contributed by atoms with Crippen LogP contribution in [0.15, 0.2) is 0 Å². The van der Waals surface area contributed by atoms with E-state index in [0.29, 0.717) is 13.1 Å². The maximum Gasteiger partial charge on any atom is 0.236 e. The van der Waals surface area contributed by atoms with Crippen LogP contribution in [0, 0.1) is 0 Å². The van der Waals surface area contributed by atoms with Crippen molar-refractivity contribution in [1.82, 2.24) is 9.80 Å². The summed E-state index contributed by atoms with van der Waals surface area (Å²) in [5.41, 5.74) is 5.42. The molecule has 1 saturated heterocycles. The van der Waals surface area contributed by atoms with Crippen molar-refractivity contribution in [2.45, 2.75) is 39.2 Å². The van der Waals surface area contributed by atoms with Crippen LogP contribution >= 0.6 is 0 Å². The first kappa shape index (κ1) is 14.0. The molecule has 0 spiro atoms. The summed E-state index contributed by atoms with van der Waals surface area (Å²) in [6.07, 6.45) is 3.12. The zero-order chi connectivity index (χ0) is 12.8. The van der Waals surface area contributed by atoms with Gasteiger partial charge in [0.15, 0.2) is 0 Å². The minimum atomic E-state index is -0.00527. The van der Waals surface area contributed by atoms with Gasteiger partial charge in [-0.05, 0) is 26.2 Å². The third kappa shape index (κ3) is 3.70. The van der Waals surface area contributed by atoms with Gasteiger partial charge in [0.1, 0.15) is 0 Å². The number of piperidine rings is 1. The van der Waals surface area contributed by atoms with Crippen LogP contribution in [0.4, 0.5) is 0 Å². The van der Waals surface area contributed by atoms with Gasteiger partial charge in [-0.2, -0.15) is 0 Å². The van der Waals surface area contributed by atoms with Crippen LogP contribution < -0.4 is 5.73 Å². The van der Waals surface area contributed by atoms with Crippen LogP contribution in [0.2, 0.25) is 0 Å². The molecule has 1 heterocycles. The Hall–Kier alpha value is -1.10. The number of rotatable bonds is 4. The van der Waals surface area contributed by atoms with E-state index in [1.54, 1.807) is 11.8 Å². The van der Waals surface area contributed by atoms with Crippen LogP contribution in [0.5, 0.6) is 0 Å². The van der Waals surface area contributed by atoms with E-state index in [9.17, 15) is 9.59 Å². The largest absolute Gasteiger partial charge is 0.341 e. The molecule has 5 heteroatoms. The van der Waals surface area contributed by atoms with Crippen molar-refractivity contribution in [3.8, 4) is 0 Å². The molecule has 1 rings (SSSR count). The normalized spacial score (nSPS) is 20.2. The van der Waals surface area contributed by atoms with Gasteiger partial charge >= 0.3 is 0 Å². The Morgan fingerprint density at radius 2 is 2.12 bits per heavy atom. The lowest BCUT2D eigenvalue weighted by atomic mass is 10.0. The standard InChI is InChI=1S/C12H23N3O2/c1-3-14(10(2)16)9-11-6-4-5-7-15(11)12(17)8-13/h11H,3-9,13H2,1-2H3. The Morgan fingerprint density at radius 3 is 2.65 bits per heavy atom. The van der Waals surface area contributed by atoms with Crippen molar-refractivity contribution < 1.29 is 9.59 Å². The molecule has 1 unspecified atom stereocenters. The highest BCUT2D eigenvalue weighted by Crippen LogP contribution is 2.18. The van der Waals surface area contributed by atoms with Gasteiger partial charge in [-0.1, -0.05) is 0 Å². The fourth-order valence-electron chi connectivity index (χ4n) is 2.37. The maximum absolute atomic E-state index is 11.7. The zero-order valence-electron chi connectivity index (χ0n) is 10.8. The Balaban J connectivity index is 2.64. The molecule has 98 valence electrons. The van der Waals surface area contributed by atoms with Crippen molar-refractivity contribution in [2.75, 3.05) is 26.2 Å². The molecule has 2 N–H and O–H groups in total. The number of likely N-dealkylation sites (tertiary alicyclic amines) is 1. The van der Waals surface area contributed by atoms with Gasteiger partial charge in [0.05, 0.1) is 6.54 Å². The van der Waals surface area contributed by atoms with E-state index < -0.39 is 0 Å². The molecular weight excluding hydrogens is 218 g/mol. The van der Waals surface area contributed by atoms with Crippen LogP contribution in [-0.2, 0) is 9.59 Å². The topological polar surface area (TPSA) is 66.6 Å². The molecule has 0 bridgehead atoms. The number of carbonyl (C=O) groups is 2. The molecule has 0 aromatic rings. The summed E-state index contributed by atoms with van der Waals surface area (Å²) in [7, 11) is 0. The molecule has 1 aliphatic heterocycles. The van der Waals surface area contributed by atoms with Gasteiger partial charge in [0.2, 0.25) is 11.8 Å². The first-order valence-corrected chi connectivity index (χ1v) is 6.35. The fraction of sp³-hybridized carbons (Fsp3) is 0.833. The highest BCUT2D eigenvalue weighted by atomic mass is 16.2. The Bertz CT molecular complexity index is 281. The number of hydrogen-bond acceptors (Lipinski definition) is 3. The molecule has 1 aliphatic rings. The van der Waals surface area contributed by atoms with Gasteiger partial charge < -0.3 is 15.5 Å². The van der Waals surface area contributed by atoms with E-state index in [0.717, 1.165) is 25.8 Å². The molecule has 1 fully saturated rings. The average molecular weight is 241 g/mol. The van der Waals surface area contributed by atoms with Crippen molar-refractivity contribution >= 4 is 11.8 Å². The summed E-state index contributed by atoms with van der Waals surface area (Å²) < 4.78 is 0. The van der Waals surface area contributed by atoms with E-state index in [-0.39, 0.29) is 24.4 Å². The number of carbonyl (C=O) groups excluding carboxylic acids is 2. The lowest BCUT2D eigenvalue weighted by Gasteiger charge is -2.38. The molecule has 0 aromatic heterocycles. The summed E-state index contributed by atoms with van der Waals surface area (Å²) in [5, 5.41) is 0. The first-order valence-electron chi connectivity index (χ1n) is 6.35. The van der Waals surface area contributed by atoms with E-state index in [4.69, 9.17) is 5.73 Å². The summed E-state index contributed by atoms with van der Waals surface area (Å²) in [5.74, 6) is 0.0625. The SMILES string of the molecule is CCN(CC1CCCCN1C(=O)CN)C(C)=O. The highest BCUT2D eigenvalue weighted by molar-refractivity contribution is 5.78. The second kappa shape index (κ2) is 6.59. The van der Waals surface area contributed by atoms with E-state index in [1.165, 1.54) is 0 Å². The number of amides is 2. The van der Waals surface area contributed by atoms with Crippen LogP contribution in [0.25, 0.3) is 0 Å². The Morgan fingerprint density at radius 1 is 1.41 bits per heavy atom. The molecule has 0 aliphatic carbocycles. The molecule has 1 atom stereocenters. The Kier molecular flexibility index (Phi) is 5.41. The minimum absolute atomic E-state index is 0.00527. The molecule has 0 radical (unpaired) electrons. The average Bonchev–Trinajstić information content (AvgIpc) is 2.35. The number of nitrogens with two attached hydrogens (primary N) is 1. The smallest absolute Gasteiger partial charge is 0.236 e. The first-order chi connectivity index (χ1) is 8.10. The van der Waals surface area contributed by atoms with Gasteiger partial charge in [-0.3, -0.25) is 9.59 Å². The highest BCUT2D eigenvalue weighted by Gasteiger charge is 2.27. The third-order valence-electron chi connectivity index (χ3n) is 3.38. The maximum atomic E-state index is 11.7. The van der Waals surface area contributed by atoms with Gasteiger partial charge in [-0.25, -0.2) is 0 Å². The van der Waals surface area contributed by atoms with Gasteiger partial charge in [0, 0.05) is 32.6 Å². The number of likely N-dealkylation sites (N-methyl/N-ethyl adjacent to an activating group) is 1. The summed E-state index contributed by atoms with van der Waals surface area (Å²) in [6.45, 7) is 5.69. The zero-order valence-corrected chi connectivity index (χ0v) is 10.8. The second-order valence-electron chi connectivity index (χ2n) is 4.50. The van der Waals surface area contributed by atoms with Crippen molar-refractivity contribution in [2.24, 2.45) is 5.73 Å². The van der Waals surface area contributed by atoms with Gasteiger partial charge in [-0.15, -0.1) is 0 Å². The summed E-state index contributed by atoms with van der Waals surface area (Å²) in [4.78, 5) is 26.7. The summed E-state index contributed by atoms with van der Waals surface area (Å²) in [6, 6.07) is 0.142. The lowest BCUT2D eigenvalue weighted by Crippen LogP contribution is -2.51. The van der Waals surface area contributed by atoms with E-state index >= 15 is 0 Å². The lowest BCUT2D eigenvalue weighted by molar-refractivity contribution is -0.137. The monoisotopic (exact) mass is 241 g/mol. The van der Waals surface area contributed by atoms with Crippen molar-refractivity contribution in [1.29, 1.82) is 0 Å². The summed E-state index contributed by atoms with van der Waals surface area (Å²) >= 11 is 0. The molecule has 17 heavy (non-hydrogen) atoms. The molecular formula is C12H23N3O2. The number of hydrogen-bond donors (Lipinski definition) is 1. The van der Waals surface area contributed by atoms with Crippen molar-refractivity contribution in [3.05, 3.63) is 0 Å². The minimum Gasteiger partial charge on any atom is -0.341 e. The van der Waals surface area contributed by atoms with Gasteiger partial charge in [0.25, 0.3) is 0 Å². The van der Waals surface area contributed by atoms with Crippen LogP contribution in [0.3, 0.4) is 0 Å². The van der Waals surface area contributed by atoms with E-state index in [2.05, 4.69) is 0 Å². The fourth-order valence-corrected chi connectivity index (χ4v) is 2.37.